The van der Waals surface area contributed by atoms with E-state index in [0.29, 0.717) is 0 Å². The molecule has 1 fully saturated rings. The third-order valence-corrected chi connectivity index (χ3v) is 5.48. The molecular weight excluding hydrogens is 340 g/mol. The van der Waals surface area contributed by atoms with Gasteiger partial charge < -0.3 is 5.32 Å². The Balaban J connectivity index is 2.15. The molecule has 0 spiro atoms. The SMILES string of the molecule is CCC(=O)N(CC(=O)Nc1ccccc1C(C)C)C(=O)C1(C)CCCCC1. The first-order chi connectivity index (χ1) is 12.8. The van der Waals surface area contributed by atoms with Crippen LogP contribution in [0.15, 0.2) is 24.3 Å². The predicted molar refractivity (Wildman–Crippen MR) is 107 cm³/mol. The summed E-state index contributed by atoms with van der Waals surface area (Å²) in [5, 5.41) is 2.89. The van der Waals surface area contributed by atoms with Gasteiger partial charge >= 0.3 is 0 Å². The van der Waals surface area contributed by atoms with Gasteiger partial charge in [-0.15, -0.1) is 0 Å². The lowest BCUT2D eigenvalue weighted by Crippen LogP contribution is -2.49. The standard InChI is InChI=1S/C22H32N2O3/c1-5-20(26)24(21(27)22(4)13-9-6-10-14-22)15-19(25)23-18-12-8-7-11-17(18)16(2)3/h7-8,11-12,16H,5-6,9-10,13-15H2,1-4H3,(H,23,25). The van der Waals surface area contributed by atoms with Crippen LogP contribution in [0.3, 0.4) is 0 Å². The van der Waals surface area contributed by atoms with Crippen molar-refractivity contribution in [3.8, 4) is 0 Å². The van der Waals surface area contributed by atoms with Crippen LogP contribution >= 0.6 is 0 Å². The molecule has 1 N–H and O–H groups in total. The molecule has 0 aliphatic heterocycles. The highest BCUT2D eigenvalue weighted by Crippen LogP contribution is 2.37. The van der Waals surface area contributed by atoms with Crippen molar-refractivity contribution >= 4 is 23.4 Å². The average Bonchev–Trinajstić information content (AvgIpc) is 2.65. The maximum atomic E-state index is 13.1. The van der Waals surface area contributed by atoms with E-state index in [9.17, 15) is 14.4 Å². The average molecular weight is 373 g/mol. The van der Waals surface area contributed by atoms with E-state index >= 15 is 0 Å². The van der Waals surface area contributed by atoms with Gasteiger partial charge in [-0.25, -0.2) is 0 Å². The van der Waals surface area contributed by atoms with E-state index in [1.54, 1.807) is 6.92 Å². The molecule has 1 aromatic carbocycles. The smallest absolute Gasteiger partial charge is 0.244 e. The summed E-state index contributed by atoms with van der Waals surface area (Å²) in [6.45, 7) is 7.54. The van der Waals surface area contributed by atoms with Gasteiger partial charge in [-0.05, 0) is 30.4 Å². The van der Waals surface area contributed by atoms with Crippen molar-refractivity contribution in [1.82, 2.24) is 4.90 Å². The van der Waals surface area contributed by atoms with E-state index in [0.717, 1.165) is 43.4 Å². The second kappa shape index (κ2) is 9.16. The zero-order valence-corrected chi connectivity index (χ0v) is 17.0. The first kappa shape index (κ1) is 21.1. The second-order valence-corrected chi connectivity index (χ2v) is 8.05. The lowest BCUT2D eigenvalue weighted by atomic mass is 9.74. The van der Waals surface area contributed by atoms with E-state index in [2.05, 4.69) is 19.2 Å². The van der Waals surface area contributed by atoms with Crippen LogP contribution in [0.1, 0.15) is 77.7 Å². The van der Waals surface area contributed by atoms with Gasteiger partial charge in [0.2, 0.25) is 17.7 Å². The van der Waals surface area contributed by atoms with E-state index in [1.807, 2.05) is 31.2 Å². The number of carbonyl (C=O) groups is 3. The van der Waals surface area contributed by atoms with Crippen LogP contribution in [-0.2, 0) is 14.4 Å². The summed E-state index contributed by atoms with van der Waals surface area (Å²) in [7, 11) is 0. The Labute approximate surface area is 162 Å². The molecule has 0 heterocycles. The van der Waals surface area contributed by atoms with Crippen LogP contribution in [0.5, 0.6) is 0 Å². The fraction of sp³-hybridized carbons (Fsp3) is 0.591. The van der Waals surface area contributed by atoms with Gasteiger partial charge in [0.15, 0.2) is 0 Å². The third kappa shape index (κ3) is 5.18. The van der Waals surface area contributed by atoms with Gasteiger partial charge in [-0.1, -0.05) is 65.2 Å². The van der Waals surface area contributed by atoms with Gasteiger partial charge in [0, 0.05) is 17.5 Å². The normalized spacial score (nSPS) is 16.0. The van der Waals surface area contributed by atoms with E-state index in [-0.39, 0.29) is 36.6 Å². The fourth-order valence-corrected chi connectivity index (χ4v) is 3.78. The molecule has 148 valence electrons. The number of nitrogens with zero attached hydrogens (tertiary/aromatic N) is 1. The summed E-state index contributed by atoms with van der Waals surface area (Å²) in [5.41, 5.74) is 1.22. The maximum Gasteiger partial charge on any atom is 0.244 e. The Bertz CT molecular complexity index is 691. The van der Waals surface area contributed by atoms with Crippen molar-refractivity contribution in [3.63, 3.8) is 0 Å². The van der Waals surface area contributed by atoms with Crippen molar-refractivity contribution in [2.75, 3.05) is 11.9 Å². The summed E-state index contributed by atoms with van der Waals surface area (Å²) < 4.78 is 0. The first-order valence-corrected chi connectivity index (χ1v) is 10.0. The lowest BCUT2D eigenvalue weighted by Gasteiger charge is -2.36. The lowest BCUT2D eigenvalue weighted by molar-refractivity contribution is -0.154. The van der Waals surface area contributed by atoms with E-state index in [4.69, 9.17) is 0 Å². The predicted octanol–water partition coefficient (Wildman–Crippen LogP) is 4.48. The largest absolute Gasteiger partial charge is 0.324 e. The van der Waals surface area contributed by atoms with Crippen molar-refractivity contribution in [2.24, 2.45) is 5.41 Å². The molecule has 5 nitrogen and oxygen atoms in total. The number of amides is 3. The first-order valence-electron chi connectivity index (χ1n) is 10.0. The highest BCUT2D eigenvalue weighted by molar-refractivity contribution is 6.03. The molecule has 1 aliphatic carbocycles. The molecule has 0 radical (unpaired) electrons. The summed E-state index contributed by atoms with van der Waals surface area (Å²) >= 11 is 0. The number of imide groups is 1. The molecule has 5 heteroatoms. The Morgan fingerprint density at radius 1 is 1.11 bits per heavy atom. The van der Waals surface area contributed by atoms with Crippen LogP contribution in [0.25, 0.3) is 0 Å². The zero-order valence-electron chi connectivity index (χ0n) is 17.0. The van der Waals surface area contributed by atoms with Gasteiger partial charge in [0.05, 0.1) is 0 Å². The topological polar surface area (TPSA) is 66.5 Å². The van der Waals surface area contributed by atoms with Crippen LogP contribution in [0.2, 0.25) is 0 Å². The quantitative estimate of drug-likeness (QED) is 0.800. The molecule has 27 heavy (non-hydrogen) atoms. The summed E-state index contributed by atoms with van der Waals surface area (Å²) in [6, 6.07) is 7.63. The van der Waals surface area contributed by atoms with Gasteiger partial charge in [-0.3, -0.25) is 19.3 Å². The number of anilines is 1. The molecule has 0 aromatic heterocycles. The number of carbonyl (C=O) groups excluding carboxylic acids is 3. The molecule has 0 unspecified atom stereocenters. The number of benzene rings is 1. The minimum atomic E-state index is -0.542. The van der Waals surface area contributed by atoms with Crippen LogP contribution in [-0.4, -0.2) is 29.2 Å². The number of hydrogen-bond donors (Lipinski definition) is 1. The maximum absolute atomic E-state index is 13.1. The number of para-hydroxylation sites is 1. The van der Waals surface area contributed by atoms with Crippen LogP contribution in [0.4, 0.5) is 5.69 Å². The molecule has 1 saturated carbocycles. The zero-order chi connectivity index (χ0) is 20.0. The molecular formula is C22H32N2O3. The summed E-state index contributed by atoms with van der Waals surface area (Å²) in [6.07, 6.45) is 4.86. The highest BCUT2D eigenvalue weighted by Gasteiger charge is 2.40. The molecule has 3 amide bonds. The summed E-state index contributed by atoms with van der Waals surface area (Å²) in [4.78, 5) is 39.4. The monoisotopic (exact) mass is 372 g/mol. The fourth-order valence-electron chi connectivity index (χ4n) is 3.78. The number of rotatable bonds is 6. The molecule has 2 rings (SSSR count). The van der Waals surface area contributed by atoms with E-state index < -0.39 is 5.41 Å². The van der Waals surface area contributed by atoms with E-state index in [1.165, 1.54) is 4.90 Å². The Morgan fingerprint density at radius 2 is 1.74 bits per heavy atom. The van der Waals surface area contributed by atoms with Gasteiger partial charge in [0.1, 0.15) is 6.54 Å². The van der Waals surface area contributed by atoms with Crippen molar-refractivity contribution in [2.45, 2.75) is 72.1 Å². The Hall–Kier alpha value is -2.17. The minimum Gasteiger partial charge on any atom is -0.324 e. The Morgan fingerprint density at radius 3 is 2.33 bits per heavy atom. The van der Waals surface area contributed by atoms with Crippen LogP contribution in [0, 0.1) is 5.41 Å². The van der Waals surface area contributed by atoms with Crippen LogP contribution < -0.4 is 5.32 Å². The van der Waals surface area contributed by atoms with Crippen molar-refractivity contribution in [3.05, 3.63) is 29.8 Å². The molecule has 0 bridgehead atoms. The molecule has 1 aromatic rings. The minimum absolute atomic E-state index is 0.206. The third-order valence-electron chi connectivity index (χ3n) is 5.48. The van der Waals surface area contributed by atoms with Crippen molar-refractivity contribution < 1.29 is 14.4 Å². The molecule has 0 atom stereocenters. The van der Waals surface area contributed by atoms with Crippen molar-refractivity contribution in [1.29, 1.82) is 0 Å². The van der Waals surface area contributed by atoms with Gasteiger partial charge in [0.25, 0.3) is 0 Å². The highest BCUT2D eigenvalue weighted by atomic mass is 16.2. The second-order valence-electron chi connectivity index (χ2n) is 8.05. The number of hydrogen-bond acceptors (Lipinski definition) is 3. The molecule has 1 aliphatic rings. The Kier molecular flexibility index (Phi) is 7.17. The summed E-state index contributed by atoms with van der Waals surface area (Å²) in [5.74, 6) is -0.573. The number of nitrogens with one attached hydrogen (secondary N) is 1. The molecule has 0 saturated heterocycles. The van der Waals surface area contributed by atoms with Gasteiger partial charge in [-0.2, -0.15) is 0 Å².